The van der Waals surface area contributed by atoms with Gasteiger partial charge in [-0.2, -0.15) is 5.26 Å². The third-order valence-electron chi connectivity index (χ3n) is 8.22. The van der Waals surface area contributed by atoms with Crippen molar-refractivity contribution >= 4 is 11.8 Å². The lowest BCUT2D eigenvalue weighted by Gasteiger charge is -2.40. The normalized spacial score (nSPS) is 29.5. The van der Waals surface area contributed by atoms with E-state index >= 15 is 0 Å². The van der Waals surface area contributed by atoms with Crippen LogP contribution >= 0.6 is 0 Å². The number of nitrogens with two attached hydrogens (primary N) is 1. The number of carbonyl (C=O) groups excluding carboxylic acids is 2. The summed E-state index contributed by atoms with van der Waals surface area (Å²) in [7, 11) is 0. The number of carbonyl (C=O) groups is 2. The maximum absolute atomic E-state index is 13.6. The summed E-state index contributed by atoms with van der Waals surface area (Å²) in [5, 5.41) is 9.42. The summed E-state index contributed by atoms with van der Waals surface area (Å²) in [6.45, 7) is 0.813. The van der Waals surface area contributed by atoms with Crippen molar-refractivity contribution in [2.75, 3.05) is 13.1 Å². The predicted octanol–water partition coefficient (Wildman–Crippen LogP) is 2.18. The summed E-state index contributed by atoms with van der Waals surface area (Å²) >= 11 is 0. The van der Waals surface area contributed by atoms with E-state index in [1.165, 1.54) is 24.3 Å². The monoisotopic (exact) mass is 491 g/mol. The van der Waals surface area contributed by atoms with Gasteiger partial charge in [-0.05, 0) is 60.6 Å². The second-order valence-electron chi connectivity index (χ2n) is 10.4. The second kappa shape index (κ2) is 8.64. The molecular formula is C27H27F2N5O2. The van der Waals surface area contributed by atoms with Gasteiger partial charge in [0.15, 0.2) is 0 Å². The first-order valence-electron chi connectivity index (χ1n) is 12.4. The number of nitrogens with zero attached hydrogens (tertiary/aromatic N) is 4. The number of benzene rings is 2. The lowest BCUT2D eigenvalue weighted by Crippen LogP contribution is -2.57. The first-order valence-corrected chi connectivity index (χ1v) is 12.4. The van der Waals surface area contributed by atoms with Crippen molar-refractivity contribution in [1.82, 2.24) is 14.7 Å². The van der Waals surface area contributed by atoms with E-state index in [-0.39, 0.29) is 42.1 Å². The summed E-state index contributed by atoms with van der Waals surface area (Å²) in [6.07, 6.45) is 2.26. The Kier molecular flexibility index (Phi) is 5.54. The Morgan fingerprint density at radius 2 is 1.64 bits per heavy atom. The minimum Gasteiger partial charge on any atom is -0.326 e. The van der Waals surface area contributed by atoms with E-state index in [9.17, 15) is 23.6 Å². The van der Waals surface area contributed by atoms with Crippen molar-refractivity contribution in [2.45, 2.75) is 55.5 Å². The van der Waals surface area contributed by atoms with Crippen LogP contribution in [0.5, 0.6) is 0 Å². The largest absolute Gasteiger partial charge is 0.326 e. The van der Waals surface area contributed by atoms with E-state index in [4.69, 9.17) is 5.73 Å². The molecule has 3 aliphatic heterocycles. The Bertz CT molecular complexity index is 1180. The van der Waals surface area contributed by atoms with E-state index < -0.39 is 24.2 Å². The molecule has 2 N–H and O–H groups in total. The van der Waals surface area contributed by atoms with Crippen molar-refractivity contribution in [2.24, 2.45) is 11.7 Å². The van der Waals surface area contributed by atoms with Crippen LogP contribution in [-0.2, 0) is 9.59 Å². The highest BCUT2D eigenvalue weighted by molar-refractivity contribution is 5.87. The first kappa shape index (κ1) is 23.1. The van der Waals surface area contributed by atoms with Crippen LogP contribution in [0.3, 0.4) is 0 Å². The maximum Gasteiger partial charge on any atom is 0.242 e. The molecule has 4 fully saturated rings. The zero-order valence-corrected chi connectivity index (χ0v) is 19.6. The fraction of sp³-hybridized carbons (Fsp3) is 0.444. The molecule has 1 saturated carbocycles. The molecule has 36 heavy (non-hydrogen) atoms. The predicted molar refractivity (Wildman–Crippen MR) is 126 cm³/mol. The third-order valence-corrected chi connectivity index (χ3v) is 8.22. The molecule has 2 bridgehead atoms. The van der Waals surface area contributed by atoms with Crippen molar-refractivity contribution in [3.05, 3.63) is 71.3 Å². The van der Waals surface area contributed by atoms with Crippen LogP contribution in [0.1, 0.15) is 36.4 Å². The van der Waals surface area contributed by atoms with E-state index in [2.05, 4.69) is 6.07 Å². The Morgan fingerprint density at radius 1 is 1.03 bits per heavy atom. The smallest absolute Gasteiger partial charge is 0.242 e. The Balaban J connectivity index is 1.20. The average Bonchev–Trinajstić information content (AvgIpc) is 3.19. The quantitative estimate of drug-likeness (QED) is 0.669. The maximum atomic E-state index is 13.6. The number of fused-ring (bicyclic) bond motifs is 3. The fourth-order valence-electron chi connectivity index (χ4n) is 6.44. The number of likely N-dealkylation sites (tertiary alicyclic amines) is 3. The highest BCUT2D eigenvalue weighted by Gasteiger charge is 2.56. The molecular weight excluding hydrogens is 464 g/mol. The molecule has 0 radical (unpaired) electrons. The number of amides is 2. The topological polar surface area (TPSA) is 93.7 Å². The fourth-order valence-corrected chi connectivity index (χ4v) is 6.44. The molecule has 186 valence electrons. The summed E-state index contributed by atoms with van der Waals surface area (Å²) in [5.41, 5.74) is 7.81. The van der Waals surface area contributed by atoms with E-state index in [0.717, 1.165) is 24.0 Å². The van der Waals surface area contributed by atoms with E-state index in [0.29, 0.717) is 18.9 Å². The van der Waals surface area contributed by atoms with Crippen molar-refractivity contribution in [3.63, 3.8) is 0 Å². The molecule has 0 aromatic heterocycles. The number of piperazine rings is 1. The molecule has 3 saturated heterocycles. The lowest BCUT2D eigenvalue weighted by atomic mass is 9.96. The molecule has 9 heteroatoms. The molecule has 7 nitrogen and oxygen atoms in total. The number of piperidine rings is 1. The summed E-state index contributed by atoms with van der Waals surface area (Å²) in [5.74, 6) is -0.620. The summed E-state index contributed by atoms with van der Waals surface area (Å²) in [4.78, 5) is 32.2. The van der Waals surface area contributed by atoms with Gasteiger partial charge in [0.2, 0.25) is 11.8 Å². The lowest BCUT2D eigenvalue weighted by molar-refractivity contribution is -0.140. The van der Waals surface area contributed by atoms with E-state index in [1.54, 1.807) is 29.2 Å². The highest BCUT2D eigenvalue weighted by Crippen LogP contribution is 2.48. The molecule has 2 amide bonds. The van der Waals surface area contributed by atoms with E-state index in [1.807, 2.05) is 9.80 Å². The summed E-state index contributed by atoms with van der Waals surface area (Å²) < 4.78 is 27.3. The van der Waals surface area contributed by atoms with Crippen LogP contribution in [0.4, 0.5) is 8.78 Å². The highest BCUT2D eigenvalue weighted by atomic mass is 19.1. The second-order valence-corrected chi connectivity index (χ2v) is 10.4. The zero-order valence-electron chi connectivity index (χ0n) is 19.6. The SMILES string of the molecule is N#C[C@@H]1C[C@@H]2CC2N1C(=O)[C@@H](N)CN1C[C@H]2C[C@@H]1C(=O)N2C(c1ccc(F)cc1)c1ccc(F)cc1. The van der Waals surface area contributed by atoms with Gasteiger partial charge in [-0.1, -0.05) is 24.3 Å². The van der Waals surface area contributed by atoms with Gasteiger partial charge in [0, 0.05) is 25.2 Å². The van der Waals surface area contributed by atoms with Crippen molar-refractivity contribution in [1.29, 1.82) is 5.26 Å². The summed E-state index contributed by atoms with van der Waals surface area (Å²) in [6, 6.07) is 12.2. The molecule has 6 atom stereocenters. The third kappa shape index (κ3) is 3.76. The minimum atomic E-state index is -0.800. The van der Waals surface area contributed by atoms with Gasteiger partial charge < -0.3 is 15.5 Å². The molecule has 1 unspecified atom stereocenters. The molecule has 4 aliphatic rings. The molecule has 2 aromatic carbocycles. The van der Waals surface area contributed by atoms with Crippen LogP contribution in [0, 0.1) is 28.9 Å². The Morgan fingerprint density at radius 3 is 2.19 bits per heavy atom. The van der Waals surface area contributed by atoms with Crippen molar-refractivity contribution < 1.29 is 18.4 Å². The molecule has 6 rings (SSSR count). The Labute approximate surface area is 208 Å². The number of hydrogen-bond acceptors (Lipinski definition) is 5. The first-order chi connectivity index (χ1) is 17.4. The zero-order chi connectivity index (χ0) is 25.1. The Hall–Kier alpha value is -3.35. The number of nitriles is 1. The molecule has 2 aromatic rings. The van der Waals surface area contributed by atoms with Crippen LogP contribution in [0.2, 0.25) is 0 Å². The standard InChI is InChI=1S/C27H27F2N5O2/c28-18-5-1-15(2-6-18)25(16-3-7-19(29)8-4-16)34-21-11-24(27(34)36)32(13-21)14-22(31)26(35)33-20(12-30)9-17-10-23(17)33/h1-8,17,20-25H,9-11,13-14,31H2/t17-,20+,21-,22+,23?,24-/m1/s1. The van der Waals surface area contributed by atoms with Crippen LogP contribution in [0.25, 0.3) is 0 Å². The number of halogens is 2. The molecule has 1 aliphatic carbocycles. The van der Waals surface area contributed by atoms with Gasteiger partial charge in [0.1, 0.15) is 17.7 Å². The van der Waals surface area contributed by atoms with Gasteiger partial charge in [-0.15, -0.1) is 0 Å². The van der Waals surface area contributed by atoms with Crippen molar-refractivity contribution in [3.8, 4) is 6.07 Å². The van der Waals surface area contributed by atoms with Crippen LogP contribution < -0.4 is 5.73 Å². The minimum absolute atomic E-state index is 0.0807. The van der Waals surface area contributed by atoms with Crippen LogP contribution in [0.15, 0.2) is 48.5 Å². The van der Waals surface area contributed by atoms with Gasteiger partial charge in [0.25, 0.3) is 0 Å². The molecule has 0 spiro atoms. The number of hydrogen-bond donors (Lipinski definition) is 1. The van der Waals surface area contributed by atoms with Crippen LogP contribution in [-0.4, -0.2) is 69.8 Å². The van der Waals surface area contributed by atoms with Gasteiger partial charge >= 0.3 is 0 Å². The van der Waals surface area contributed by atoms with Gasteiger partial charge in [-0.25, -0.2) is 8.78 Å². The average molecular weight is 492 g/mol. The van der Waals surface area contributed by atoms with Gasteiger partial charge in [-0.3, -0.25) is 14.5 Å². The molecule has 3 heterocycles. The number of rotatable bonds is 6. The van der Waals surface area contributed by atoms with Gasteiger partial charge in [0.05, 0.1) is 24.2 Å².